The van der Waals surface area contributed by atoms with Gasteiger partial charge in [0.2, 0.25) is 6.36 Å². The van der Waals surface area contributed by atoms with Crippen LogP contribution in [0.15, 0.2) is 65.8 Å². The van der Waals surface area contributed by atoms with Crippen molar-refractivity contribution in [2.24, 2.45) is 0 Å². The van der Waals surface area contributed by atoms with Crippen LogP contribution in [0.4, 0.5) is 8.78 Å². The molecule has 1 unspecified atom stereocenters. The lowest BCUT2D eigenvalue weighted by molar-refractivity contribution is -0.107. The van der Waals surface area contributed by atoms with E-state index in [0.29, 0.717) is 16.2 Å². The minimum atomic E-state index is -1.64. The molecule has 0 aliphatic rings. The second-order valence-electron chi connectivity index (χ2n) is 6.21. The van der Waals surface area contributed by atoms with Crippen molar-refractivity contribution in [3.63, 3.8) is 0 Å². The largest absolute Gasteiger partial charge is 0.457 e. The van der Waals surface area contributed by atoms with E-state index in [1.54, 1.807) is 12.3 Å². The zero-order valence-electron chi connectivity index (χ0n) is 15.4. The number of aldehydes is 1. The molecule has 144 valence electrons. The Morgan fingerprint density at radius 3 is 2.54 bits per heavy atom. The van der Waals surface area contributed by atoms with Gasteiger partial charge in [-0.25, -0.2) is 13.8 Å². The van der Waals surface area contributed by atoms with Crippen molar-refractivity contribution in [2.45, 2.75) is 30.5 Å². The minimum Gasteiger partial charge on any atom is -0.457 e. The quantitative estimate of drug-likeness (QED) is 0.365. The van der Waals surface area contributed by atoms with Crippen molar-refractivity contribution in [3.8, 4) is 16.9 Å². The number of ether oxygens (including phenoxy) is 1. The second-order valence-corrected chi connectivity index (χ2v) is 7.34. The predicted molar refractivity (Wildman–Crippen MR) is 107 cm³/mol. The average molecular weight is 399 g/mol. The van der Waals surface area contributed by atoms with Crippen molar-refractivity contribution in [3.05, 3.63) is 77.7 Å². The van der Waals surface area contributed by atoms with Crippen molar-refractivity contribution in [1.29, 1.82) is 0 Å². The number of nitrogens with zero attached hydrogens (tertiary/aromatic N) is 1. The second kappa shape index (κ2) is 8.97. The molecule has 2 aromatic carbocycles. The molecule has 0 aliphatic carbocycles. The maximum absolute atomic E-state index is 14.1. The Kier molecular flexibility index (Phi) is 6.41. The number of hydrogen-bond acceptors (Lipinski definition) is 4. The number of halogens is 2. The molecule has 0 amide bonds. The number of carbonyl (C=O) groups is 1. The highest BCUT2D eigenvalue weighted by Gasteiger charge is 2.18. The number of pyridine rings is 1. The van der Waals surface area contributed by atoms with Gasteiger partial charge in [0.15, 0.2) is 11.6 Å². The summed E-state index contributed by atoms with van der Waals surface area (Å²) < 4.78 is 32.5. The van der Waals surface area contributed by atoms with Gasteiger partial charge in [-0.3, -0.25) is 0 Å². The first-order valence-corrected chi connectivity index (χ1v) is 9.60. The Morgan fingerprint density at radius 1 is 1.14 bits per heavy atom. The number of thioether (sulfide) groups is 1. The molecule has 2 atom stereocenters. The van der Waals surface area contributed by atoms with Crippen LogP contribution in [-0.2, 0) is 4.79 Å². The molecule has 0 bridgehead atoms. The van der Waals surface area contributed by atoms with E-state index in [1.807, 2.05) is 43.3 Å². The summed E-state index contributed by atoms with van der Waals surface area (Å²) in [5.74, 6) is -0.780. The minimum absolute atomic E-state index is 0.144. The van der Waals surface area contributed by atoms with Crippen LogP contribution in [0.5, 0.6) is 5.75 Å². The number of alkyl halides is 1. The number of aromatic nitrogens is 1. The van der Waals surface area contributed by atoms with Crippen LogP contribution in [0.2, 0.25) is 0 Å². The lowest BCUT2D eigenvalue weighted by atomic mass is 10.0. The van der Waals surface area contributed by atoms with Crippen molar-refractivity contribution >= 4 is 18.0 Å². The van der Waals surface area contributed by atoms with Crippen LogP contribution >= 0.6 is 11.8 Å². The van der Waals surface area contributed by atoms with E-state index in [-0.39, 0.29) is 11.0 Å². The Labute approximate surface area is 166 Å². The van der Waals surface area contributed by atoms with Gasteiger partial charge in [-0.15, -0.1) is 0 Å². The number of aryl methyl sites for hydroxylation is 1. The highest BCUT2D eigenvalue weighted by Crippen LogP contribution is 2.37. The molecule has 0 N–H and O–H groups in total. The van der Waals surface area contributed by atoms with E-state index < -0.39 is 12.2 Å². The van der Waals surface area contributed by atoms with Gasteiger partial charge in [0.25, 0.3) is 0 Å². The van der Waals surface area contributed by atoms with Crippen LogP contribution in [0.25, 0.3) is 11.1 Å². The van der Waals surface area contributed by atoms with Crippen LogP contribution < -0.4 is 4.74 Å². The van der Waals surface area contributed by atoms with Gasteiger partial charge in [-0.05, 0) is 30.2 Å². The van der Waals surface area contributed by atoms with Gasteiger partial charge in [-0.2, -0.15) is 0 Å². The fourth-order valence-electron chi connectivity index (χ4n) is 2.79. The third-order valence-corrected chi connectivity index (χ3v) is 5.37. The third kappa shape index (κ3) is 4.57. The van der Waals surface area contributed by atoms with E-state index in [0.717, 1.165) is 17.4 Å². The number of carbonyl (C=O) groups excluding carboxylic acids is 1. The van der Waals surface area contributed by atoms with Crippen molar-refractivity contribution in [1.82, 2.24) is 4.98 Å². The lowest BCUT2D eigenvalue weighted by Gasteiger charge is -2.15. The van der Waals surface area contributed by atoms with Gasteiger partial charge < -0.3 is 9.53 Å². The first kappa shape index (κ1) is 20.0. The van der Waals surface area contributed by atoms with Gasteiger partial charge in [-0.1, -0.05) is 54.2 Å². The molecule has 0 radical (unpaired) electrons. The molecule has 0 aliphatic heterocycles. The maximum Gasteiger partial charge on any atom is 0.236 e. The Bertz CT molecular complexity index is 964. The van der Waals surface area contributed by atoms with E-state index >= 15 is 0 Å². The van der Waals surface area contributed by atoms with Crippen LogP contribution in [0.1, 0.15) is 23.3 Å². The Hall–Kier alpha value is -2.73. The molecule has 1 heterocycles. The summed E-state index contributed by atoms with van der Waals surface area (Å²) >= 11 is 1.35. The summed E-state index contributed by atoms with van der Waals surface area (Å²) in [4.78, 5) is 16.0. The van der Waals surface area contributed by atoms with Gasteiger partial charge in [0.05, 0.1) is 10.3 Å². The maximum atomic E-state index is 14.1. The molecule has 0 spiro atoms. The smallest absolute Gasteiger partial charge is 0.236 e. The summed E-state index contributed by atoms with van der Waals surface area (Å²) in [5.41, 5.74) is 2.75. The van der Waals surface area contributed by atoms with Crippen molar-refractivity contribution in [2.75, 3.05) is 0 Å². The SMILES string of the molecule is Cc1cc(-c2cccc(F)c2O[C@H](C)F)cnc1SC(C=O)c1ccccc1. The van der Waals surface area contributed by atoms with Crippen LogP contribution in [-0.4, -0.2) is 17.6 Å². The van der Waals surface area contributed by atoms with Crippen LogP contribution in [0.3, 0.4) is 0 Å². The number of para-hydroxylation sites is 1. The fraction of sp³-hybridized carbons (Fsp3) is 0.182. The molecule has 3 rings (SSSR count). The van der Waals surface area contributed by atoms with E-state index in [2.05, 4.69) is 4.98 Å². The molecule has 0 saturated carbocycles. The molecule has 0 saturated heterocycles. The summed E-state index contributed by atoms with van der Waals surface area (Å²) in [6.45, 7) is 3.06. The van der Waals surface area contributed by atoms with Crippen molar-refractivity contribution < 1.29 is 18.3 Å². The van der Waals surface area contributed by atoms with E-state index in [9.17, 15) is 13.6 Å². The third-order valence-electron chi connectivity index (χ3n) is 4.08. The molecular weight excluding hydrogens is 380 g/mol. The number of rotatable bonds is 7. The monoisotopic (exact) mass is 399 g/mol. The van der Waals surface area contributed by atoms with E-state index in [4.69, 9.17) is 4.74 Å². The van der Waals surface area contributed by atoms with Gasteiger partial charge in [0.1, 0.15) is 6.29 Å². The zero-order valence-corrected chi connectivity index (χ0v) is 16.2. The molecule has 28 heavy (non-hydrogen) atoms. The normalized spacial score (nSPS) is 13.0. The summed E-state index contributed by atoms with van der Waals surface area (Å²) in [6.07, 6.45) is 0.821. The standard InChI is InChI=1S/C22H19F2NO2S/c1-14-11-17(18-9-6-10-19(24)21(18)27-15(2)23)12-25-22(14)28-20(13-26)16-7-4-3-5-8-16/h3-13,15,20H,1-2H3/t15-,20?/m1/s1. The molecular formula is C22H19F2NO2S. The van der Waals surface area contributed by atoms with Gasteiger partial charge in [0, 0.05) is 24.2 Å². The summed E-state index contributed by atoms with van der Waals surface area (Å²) in [5, 5.41) is 0.320. The topological polar surface area (TPSA) is 39.2 Å². The van der Waals surface area contributed by atoms with Gasteiger partial charge >= 0.3 is 0 Å². The number of benzene rings is 2. The zero-order chi connectivity index (χ0) is 20.1. The fourth-order valence-corrected chi connectivity index (χ4v) is 3.74. The lowest BCUT2D eigenvalue weighted by Crippen LogP contribution is -2.06. The average Bonchev–Trinajstić information content (AvgIpc) is 2.69. The molecule has 0 fully saturated rings. The Balaban J connectivity index is 1.91. The summed E-state index contributed by atoms with van der Waals surface area (Å²) in [7, 11) is 0. The molecule has 3 aromatic rings. The Morgan fingerprint density at radius 2 is 1.89 bits per heavy atom. The molecule has 3 nitrogen and oxygen atoms in total. The van der Waals surface area contributed by atoms with E-state index in [1.165, 1.54) is 30.8 Å². The van der Waals surface area contributed by atoms with Crippen LogP contribution in [0, 0.1) is 12.7 Å². The highest BCUT2D eigenvalue weighted by molar-refractivity contribution is 8.00. The number of hydrogen-bond donors (Lipinski definition) is 0. The highest BCUT2D eigenvalue weighted by atomic mass is 32.2. The first-order chi connectivity index (χ1) is 13.5. The first-order valence-electron chi connectivity index (χ1n) is 8.72. The summed E-state index contributed by atoms with van der Waals surface area (Å²) in [6, 6.07) is 15.7. The molecule has 1 aromatic heterocycles. The predicted octanol–water partition coefficient (Wildman–Crippen LogP) is 5.92. The molecule has 6 heteroatoms.